The van der Waals surface area contributed by atoms with Crippen LogP contribution in [0.2, 0.25) is 0 Å². The van der Waals surface area contributed by atoms with Crippen LogP contribution in [0.3, 0.4) is 0 Å². The van der Waals surface area contributed by atoms with E-state index in [1.165, 1.54) is 7.05 Å². The molecule has 0 aliphatic rings. The highest BCUT2D eigenvalue weighted by molar-refractivity contribution is 5.68. The van der Waals surface area contributed by atoms with Crippen LogP contribution in [0.4, 0.5) is 15.8 Å². The zero-order valence-corrected chi connectivity index (χ0v) is 10.8. The lowest BCUT2D eigenvalue weighted by Gasteiger charge is -2.10. The predicted molar refractivity (Wildman–Crippen MR) is 73.4 cm³/mol. The van der Waals surface area contributed by atoms with Gasteiger partial charge in [-0.25, -0.2) is 4.39 Å². The molecule has 1 N–H and O–H groups in total. The first kappa shape index (κ1) is 13.8. The van der Waals surface area contributed by atoms with Crippen molar-refractivity contribution in [1.29, 1.82) is 0 Å². The van der Waals surface area contributed by atoms with E-state index < -0.39 is 10.7 Å². The van der Waals surface area contributed by atoms with Crippen molar-refractivity contribution in [1.82, 2.24) is 0 Å². The fourth-order valence-electron chi connectivity index (χ4n) is 1.80. The lowest BCUT2D eigenvalue weighted by molar-refractivity contribution is -0.385. The zero-order chi connectivity index (χ0) is 14.5. The monoisotopic (exact) mass is 276 g/mol. The maximum absolute atomic E-state index is 13.4. The van der Waals surface area contributed by atoms with E-state index in [4.69, 9.17) is 4.74 Å². The summed E-state index contributed by atoms with van der Waals surface area (Å²) >= 11 is 0. The third kappa shape index (κ3) is 3.03. The van der Waals surface area contributed by atoms with Gasteiger partial charge in [-0.2, -0.15) is 0 Å². The molecule has 0 atom stereocenters. The quantitative estimate of drug-likeness (QED) is 0.671. The van der Waals surface area contributed by atoms with Crippen LogP contribution in [0.15, 0.2) is 42.5 Å². The van der Waals surface area contributed by atoms with Crippen molar-refractivity contribution >= 4 is 11.4 Å². The Balaban J connectivity index is 2.30. The van der Waals surface area contributed by atoms with Crippen molar-refractivity contribution < 1.29 is 14.1 Å². The number of nitrogens with one attached hydrogen (secondary N) is 1. The number of nitrogens with zero attached hydrogens (tertiary/aromatic N) is 1. The number of ether oxygens (including phenoxy) is 1. The van der Waals surface area contributed by atoms with Crippen LogP contribution in [0, 0.1) is 15.9 Å². The lowest BCUT2D eigenvalue weighted by atomic mass is 10.2. The number of halogens is 1. The van der Waals surface area contributed by atoms with E-state index in [2.05, 4.69) is 5.32 Å². The minimum Gasteiger partial charge on any atom is -0.482 e. The normalized spacial score (nSPS) is 10.1. The number of hydrogen-bond donors (Lipinski definition) is 1. The average Bonchev–Trinajstić information content (AvgIpc) is 2.45. The predicted octanol–water partition coefficient (Wildman–Crippen LogP) is 3.35. The van der Waals surface area contributed by atoms with Crippen molar-refractivity contribution in [3.8, 4) is 5.75 Å². The lowest BCUT2D eigenvalue weighted by Crippen LogP contribution is -2.03. The number of anilines is 1. The maximum Gasteiger partial charge on any atom is 0.333 e. The molecule has 0 amide bonds. The molecule has 0 aliphatic carbocycles. The van der Waals surface area contributed by atoms with E-state index in [1.807, 2.05) is 30.3 Å². The van der Waals surface area contributed by atoms with Crippen molar-refractivity contribution in [2.24, 2.45) is 0 Å². The fraction of sp³-hybridized carbons (Fsp3) is 0.143. The highest BCUT2D eigenvalue weighted by Gasteiger charge is 2.22. The Kier molecular flexibility index (Phi) is 4.14. The Bertz CT molecular complexity index is 617. The molecule has 0 spiro atoms. The van der Waals surface area contributed by atoms with Gasteiger partial charge in [0, 0.05) is 19.2 Å². The second-order valence-corrected chi connectivity index (χ2v) is 4.08. The third-order valence-electron chi connectivity index (χ3n) is 2.73. The van der Waals surface area contributed by atoms with Gasteiger partial charge in [0.2, 0.25) is 5.75 Å². The van der Waals surface area contributed by atoms with Crippen LogP contribution in [-0.4, -0.2) is 12.0 Å². The molecule has 20 heavy (non-hydrogen) atoms. The molecule has 0 aliphatic heterocycles. The summed E-state index contributed by atoms with van der Waals surface area (Å²) in [6, 6.07) is 11.2. The molecule has 0 fully saturated rings. The van der Waals surface area contributed by atoms with Crippen molar-refractivity contribution in [2.45, 2.75) is 6.61 Å². The molecule has 0 bridgehead atoms. The molecular formula is C14H13FN2O3. The molecule has 0 saturated carbocycles. The van der Waals surface area contributed by atoms with Gasteiger partial charge in [0.1, 0.15) is 18.1 Å². The van der Waals surface area contributed by atoms with Gasteiger partial charge in [-0.1, -0.05) is 30.3 Å². The van der Waals surface area contributed by atoms with Gasteiger partial charge in [-0.3, -0.25) is 10.1 Å². The molecule has 104 valence electrons. The molecule has 0 radical (unpaired) electrons. The smallest absolute Gasteiger partial charge is 0.333 e. The van der Waals surface area contributed by atoms with Gasteiger partial charge >= 0.3 is 5.69 Å². The highest BCUT2D eigenvalue weighted by atomic mass is 19.1. The summed E-state index contributed by atoms with van der Waals surface area (Å²) < 4.78 is 18.8. The largest absolute Gasteiger partial charge is 0.482 e. The molecule has 5 nitrogen and oxygen atoms in total. The Morgan fingerprint density at radius 2 is 2.00 bits per heavy atom. The summed E-state index contributed by atoms with van der Waals surface area (Å²) in [5.41, 5.74) is 0.653. The van der Waals surface area contributed by atoms with Gasteiger partial charge in [0.05, 0.1) is 4.92 Å². The average molecular weight is 276 g/mol. The number of nitro groups is 1. The molecule has 0 unspecified atom stereocenters. The standard InChI is InChI=1S/C14H13FN2O3/c1-16-12-7-11(15)8-13(14(12)17(18)19)20-9-10-5-3-2-4-6-10/h2-8,16H,9H2,1H3. The molecule has 2 rings (SSSR count). The number of benzene rings is 2. The van der Waals surface area contributed by atoms with Crippen LogP contribution >= 0.6 is 0 Å². The summed E-state index contributed by atoms with van der Waals surface area (Å²) in [6.07, 6.45) is 0. The minimum atomic E-state index is -0.594. The Morgan fingerprint density at radius 1 is 1.30 bits per heavy atom. The van der Waals surface area contributed by atoms with Crippen molar-refractivity contribution in [2.75, 3.05) is 12.4 Å². The molecule has 0 heterocycles. The fourth-order valence-corrected chi connectivity index (χ4v) is 1.80. The summed E-state index contributed by atoms with van der Waals surface area (Å²) in [7, 11) is 1.49. The van der Waals surface area contributed by atoms with Gasteiger partial charge in [-0.05, 0) is 5.56 Å². The zero-order valence-electron chi connectivity index (χ0n) is 10.8. The third-order valence-corrected chi connectivity index (χ3v) is 2.73. The van der Waals surface area contributed by atoms with E-state index in [0.717, 1.165) is 17.7 Å². The van der Waals surface area contributed by atoms with E-state index in [9.17, 15) is 14.5 Å². The Morgan fingerprint density at radius 3 is 2.60 bits per heavy atom. The van der Waals surface area contributed by atoms with E-state index in [1.54, 1.807) is 0 Å². The van der Waals surface area contributed by atoms with Gasteiger partial charge in [0.15, 0.2) is 0 Å². The van der Waals surface area contributed by atoms with E-state index in [-0.39, 0.29) is 23.7 Å². The number of hydrogen-bond acceptors (Lipinski definition) is 4. The second kappa shape index (κ2) is 6.01. The van der Waals surface area contributed by atoms with Gasteiger partial charge in [0.25, 0.3) is 0 Å². The first-order chi connectivity index (χ1) is 9.61. The van der Waals surface area contributed by atoms with E-state index >= 15 is 0 Å². The SMILES string of the molecule is CNc1cc(F)cc(OCc2ccccc2)c1[N+](=O)[O-]. The van der Waals surface area contributed by atoms with Gasteiger partial charge in [-0.15, -0.1) is 0 Å². The topological polar surface area (TPSA) is 64.4 Å². The first-order valence-corrected chi connectivity index (χ1v) is 5.94. The van der Waals surface area contributed by atoms with Gasteiger partial charge < -0.3 is 10.1 Å². The second-order valence-electron chi connectivity index (χ2n) is 4.08. The minimum absolute atomic E-state index is 0.0815. The number of nitro benzene ring substituents is 1. The Labute approximate surface area is 115 Å². The molecule has 0 aromatic heterocycles. The van der Waals surface area contributed by atoms with Crippen LogP contribution in [0.25, 0.3) is 0 Å². The van der Waals surface area contributed by atoms with Crippen LogP contribution < -0.4 is 10.1 Å². The van der Waals surface area contributed by atoms with Crippen molar-refractivity contribution in [3.05, 3.63) is 64.0 Å². The molecule has 2 aromatic carbocycles. The Hall–Kier alpha value is -2.63. The van der Waals surface area contributed by atoms with Crippen LogP contribution in [0.1, 0.15) is 5.56 Å². The van der Waals surface area contributed by atoms with Crippen molar-refractivity contribution in [3.63, 3.8) is 0 Å². The summed E-state index contributed by atoms with van der Waals surface area (Å²) in [5.74, 6) is -0.689. The maximum atomic E-state index is 13.4. The molecule has 6 heteroatoms. The number of rotatable bonds is 5. The van der Waals surface area contributed by atoms with Crippen LogP contribution in [-0.2, 0) is 6.61 Å². The molecular weight excluding hydrogens is 263 g/mol. The first-order valence-electron chi connectivity index (χ1n) is 5.94. The molecule has 2 aromatic rings. The van der Waals surface area contributed by atoms with E-state index in [0.29, 0.717) is 0 Å². The molecule has 0 saturated heterocycles. The summed E-state index contributed by atoms with van der Waals surface area (Å²) in [4.78, 5) is 10.5. The highest BCUT2D eigenvalue weighted by Crippen LogP contribution is 2.36. The summed E-state index contributed by atoms with van der Waals surface area (Å²) in [5, 5.41) is 13.7. The summed E-state index contributed by atoms with van der Waals surface area (Å²) in [6.45, 7) is 0.133. The van der Waals surface area contributed by atoms with Crippen LogP contribution in [0.5, 0.6) is 5.75 Å².